The van der Waals surface area contributed by atoms with Gasteiger partial charge < -0.3 is 30.8 Å². The Morgan fingerprint density at radius 3 is 2.22 bits per heavy atom. The first kappa shape index (κ1) is 28.6. The van der Waals surface area contributed by atoms with Crippen LogP contribution in [-0.2, 0) is 23.3 Å². The van der Waals surface area contributed by atoms with Crippen LogP contribution >= 0.6 is 7.82 Å². The zero-order valence-electron chi connectivity index (χ0n) is 18.1. The van der Waals surface area contributed by atoms with Gasteiger partial charge >= 0.3 is 37.4 Å². The van der Waals surface area contributed by atoms with Gasteiger partial charge in [-0.1, -0.05) is 39.0 Å². The van der Waals surface area contributed by atoms with Crippen LogP contribution in [0.25, 0.3) is 0 Å². The average Bonchev–Trinajstić information content (AvgIpc) is 2.52. The number of benzene rings is 1. The smallest absolute Gasteiger partial charge is 1.00 e. The van der Waals surface area contributed by atoms with E-state index in [1.165, 1.54) is 7.11 Å². The van der Waals surface area contributed by atoms with Gasteiger partial charge in [-0.2, -0.15) is 0 Å². The molecule has 0 saturated heterocycles. The molecule has 0 aliphatic rings. The molecule has 1 rings (SSSR count). The van der Waals surface area contributed by atoms with Gasteiger partial charge in [-0.15, -0.1) is 0 Å². The van der Waals surface area contributed by atoms with Crippen molar-refractivity contribution in [3.8, 4) is 5.75 Å². The maximum atomic E-state index is 12.3. The van der Waals surface area contributed by atoms with Crippen LogP contribution in [0.15, 0.2) is 41.9 Å². The van der Waals surface area contributed by atoms with Crippen LogP contribution in [0.4, 0.5) is 0 Å². The van der Waals surface area contributed by atoms with Crippen LogP contribution in [0, 0.1) is 5.41 Å². The van der Waals surface area contributed by atoms with Crippen molar-refractivity contribution in [3.63, 3.8) is 0 Å². The van der Waals surface area contributed by atoms with E-state index in [-0.39, 0.29) is 55.4 Å². The van der Waals surface area contributed by atoms with E-state index in [4.69, 9.17) is 23.3 Å². The SMILES string of the molecule is COCCOCC(=C(OC)OP(=O)(O)Oc1ccccc1)C(C)(C)C.N.[H-].[Na+]. The third-order valence-corrected chi connectivity index (χ3v) is 4.02. The molecule has 0 aromatic heterocycles. The van der Waals surface area contributed by atoms with Crippen molar-refractivity contribution in [2.45, 2.75) is 20.8 Å². The third-order valence-electron chi connectivity index (χ3n) is 3.18. The molecule has 8 nitrogen and oxygen atoms in total. The number of rotatable bonds is 10. The Hall–Kier alpha value is -0.570. The number of phosphoric ester groups is 1. The summed E-state index contributed by atoms with van der Waals surface area (Å²) in [4.78, 5) is 10.0. The van der Waals surface area contributed by atoms with Crippen molar-refractivity contribution in [1.29, 1.82) is 0 Å². The maximum absolute atomic E-state index is 12.3. The topological polar surface area (TPSA) is 118 Å². The first-order valence-electron chi connectivity index (χ1n) is 7.81. The number of methoxy groups -OCH3 is 2. The summed E-state index contributed by atoms with van der Waals surface area (Å²) in [6, 6.07) is 8.26. The molecule has 0 spiro atoms. The van der Waals surface area contributed by atoms with Gasteiger partial charge in [0, 0.05) is 12.7 Å². The molecule has 1 atom stereocenters. The summed E-state index contributed by atoms with van der Waals surface area (Å²) in [5.41, 5.74) is 0.183. The number of phosphoric acid groups is 1. The minimum Gasteiger partial charge on any atom is -1.00 e. The van der Waals surface area contributed by atoms with E-state index in [0.717, 1.165) is 0 Å². The number of ether oxygens (including phenoxy) is 3. The standard InChI is InChI=1S/C17H27O7P.H3N.Na.H/c1-17(2,3)15(13-22-12-11-20-4)16(21-5)24-25(18,19)23-14-9-7-6-8-10-14;;;/h6-10H,11-13H2,1-5H3,(H,18,19);1H3;;/q;;+1;-1. The van der Waals surface area contributed by atoms with E-state index in [9.17, 15) is 9.46 Å². The first-order chi connectivity index (χ1) is 11.7. The molecule has 0 aliphatic carbocycles. The molecule has 10 heteroatoms. The molecule has 0 heterocycles. The molecule has 0 bridgehead atoms. The quantitative estimate of drug-likeness (QED) is 0.252. The predicted molar refractivity (Wildman–Crippen MR) is 100 cm³/mol. The van der Waals surface area contributed by atoms with Gasteiger partial charge in [-0.3, -0.25) is 4.89 Å². The Morgan fingerprint density at radius 2 is 1.74 bits per heavy atom. The average molecular weight is 415 g/mol. The van der Waals surface area contributed by atoms with E-state index in [1.54, 1.807) is 37.4 Å². The molecule has 0 radical (unpaired) electrons. The van der Waals surface area contributed by atoms with E-state index in [2.05, 4.69) is 0 Å². The van der Waals surface area contributed by atoms with Crippen LogP contribution < -0.4 is 40.2 Å². The minimum absolute atomic E-state index is 0. The molecule has 1 aromatic rings. The first-order valence-corrected chi connectivity index (χ1v) is 9.30. The second-order valence-corrected chi connectivity index (χ2v) is 7.53. The van der Waals surface area contributed by atoms with Crippen LogP contribution in [-0.4, -0.2) is 38.9 Å². The van der Waals surface area contributed by atoms with Gasteiger partial charge in [0.1, 0.15) is 5.75 Å². The molecular weight excluding hydrogens is 384 g/mol. The van der Waals surface area contributed by atoms with E-state index >= 15 is 0 Å². The van der Waals surface area contributed by atoms with Crippen LogP contribution in [0.1, 0.15) is 22.2 Å². The fourth-order valence-corrected chi connectivity index (χ4v) is 2.67. The van der Waals surface area contributed by atoms with Gasteiger partial charge in [-0.25, -0.2) is 4.57 Å². The van der Waals surface area contributed by atoms with Crippen LogP contribution in [0.5, 0.6) is 5.75 Å². The summed E-state index contributed by atoms with van der Waals surface area (Å²) in [5.74, 6) is 0.129. The Labute approximate surface area is 185 Å². The molecular formula is C17H31NNaO7P. The van der Waals surface area contributed by atoms with E-state index in [1.807, 2.05) is 20.8 Å². The fourth-order valence-electron chi connectivity index (χ4n) is 1.85. The number of hydrogen-bond donors (Lipinski definition) is 2. The number of hydrogen-bond acceptors (Lipinski definition) is 7. The third kappa shape index (κ3) is 11.1. The fraction of sp³-hybridized carbons (Fsp3) is 0.529. The van der Waals surface area contributed by atoms with E-state index < -0.39 is 13.2 Å². The summed E-state index contributed by atoms with van der Waals surface area (Å²) in [6.07, 6.45) is 0. The zero-order valence-corrected chi connectivity index (χ0v) is 20.0. The molecule has 4 N–H and O–H groups in total. The van der Waals surface area contributed by atoms with Gasteiger partial charge in [-0.05, 0) is 17.5 Å². The Balaban J connectivity index is -0.00000208. The Bertz CT molecular complexity index is 611. The predicted octanol–water partition coefficient (Wildman–Crippen LogP) is 1.03. The van der Waals surface area contributed by atoms with Crippen molar-refractivity contribution in [2.75, 3.05) is 34.0 Å². The molecule has 0 fully saturated rings. The number of para-hydroxylation sites is 1. The minimum atomic E-state index is -4.42. The molecule has 1 unspecified atom stereocenters. The largest absolute Gasteiger partial charge is 1.00 e. The second-order valence-electron chi connectivity index (χ2n) is 6.23. The van der Waals surface area contributed by atoms with Gasteiger partial charge in [0.25, 0.3) is 5.95 Å². The van der Waals surface area contributed by atoms with Gasteiger partial charge in [0.05, 0.1) is 26.9 Å². The van der Waals surface area contributed by atoms with Gasteiger partial charge in [0.2, 0.25) is 0 Å². The monoisotopic (exact) mass is 415 g/mol. The summed E-state index contributed by atoms with van der Waals surface area (Å²) < 4.78 is 38.2. The molecule has 0 saturated carbocycles. The van der Waals surface area contributed by atoms with Crippen molar-refractivity contribution in [2.24, 2.45) is 5.41 Å². The van der Waals surface area contributed by atoms with Crippen molar-refractivity contribution >= 4 is 7.82 Å². The maximum Gasteiger partial charge on any atom is 1.00 e. The second kappa shape index (κ2) is 13.6. The van der Waals surface area contributed by atoms with Crippen LogP contribution in [0.2, 0.25) is 0 Å². The molecule has 27 heavy (non-hydrogen) atoms. The Morgan fingerprint density at radius 1 is 1.15 bits per heavy atom. The normalized spacial score (nSPS) is 14.0. The molecule has 0 aliphatic heterocycles. The van der Waals surface area contributed by atoms with Crippen molar-refractivity contribution < 1.29 is 63.7 Å². The summed E-state index contributed by atoms with van der Waals surface area (Å²) in [7, 11) is -1.48. The van der Waals surface area contributed by atoms with Gasteiger partial charge in [0.15, 0.2) is 0 Å². The van der Waals surface area contributed by atoms with E-state index in [0.29, 0.717) is 18.8 Å². The molecule has 152 valence electrons. The summed E-state index contributed by atoms with van der Waals surface area (Å²) in [5, 5.41) is 0. The summed E-state index contributed by atoms with van der Waals surface area (Å²) in [6.45, 7) is 6.75. The van der Waals surface area contributed by atoms with Crippen molar-refractivity contribution in [3.05, 3.63) is 41.9 Å². The zero-order chi connectivity index (χ0) is 18.9. The Kier molecular flexibility index (Phi) is 14.4. The summed E-state index contributed by atoms with van der Waals surface area (Å²) >= 11 is 0. The molecule has 1 aromatic carbocycles. The van der Waals surface area contributed by atoms with Crippen LogP contribution in [0.3, 0.4) is 0 Å². The molecule has 0 amide bonds. The van der Waals surface area contributed by atoms with Crippen molar-refractivity contribution in [1.82, 2.24) is 6.15 Å².